The van der Waals surface area contributed by atoms with Gasteiger partial charge in [-0.1, -0.05) is 6.92 Å². The van der Waals surface area contributed by atoms with Crippen molar-refractivity contribution in [3.8, 4) is 0 Å². The van der Waals surface area contributed by atoms with Crippen LogP contribution >= 0.6 is 0 Å². The highest BCUT2D eigenvalue weighted by molar-refractivity contribution is 5.68. The van der Waals surface area contributed by atoms with E-state index in [1.54, 1.807) is 0 Å². The summed E-state index contributed by atoms with van der Waals surface area (Å²) in [5.41, 5.74) is 0. The fourth-order valence-electron chi connectivity index (χ4n) is 0.931. The number of hydrogen-bond acceptors (Lipinski definition) is 3. The molecule has 0 aromatic carbocycles. The topological polar surface area (TPSA) is 38.3 Å². The molecule has 3 heteroatoms. The zero-order valence-corrected chi connectivity index (χ0v) is 8.06. The maximum absolute atomic E-state index is 10.2. The molecule has 1 rings (SSSR count). The zero-order chi connectivity index (χ0) is 9.23. The minimum Gasteiger partial charge on any atom is -0.469 e. The summed E-state index contributed by atoms with van der Waals surface area (Å²) in [4.78, 5) is 10.2. The molecule has 0 amide bonds. The summed E-state index contributed by atoms with van der Waals surface area (Å²) >= 11 is 0. The van der Waals surface area contributed by atoms with Crippen molar-refractivity contribution in [1.82, 2.24) is 5.32 Å². The maximum Gasteiger partial charge on any atom is 0.305 e. The third kappa shape index (κ3) is 7.54. The van der Waals surface area contributed by atoms with E-state index in [4.69, 9.17) is 0 Å². The summed E-state index contributed by atoms with van der Waals surface area (Å²) in [6, 6.07) is 0. The van der Waals surface area contributed by atoms with E-state index < -0.39 is 0 Å². The second-order valence-electron chi connectivity index (χ2n) is 2.78. The Morgan fingerprint density at radius 2 is 2.00 bits per heavy atom. The summed E-state index contributed by atoms with van der Waals surface area (Å²) in [6.45, 7) is 4.44. The molecule has 0 spiro atoms. The summed E-state index contributed by atoms with van der Waals surface area (Å²) in [5, 5.41) is 3.22. The molecule has 1 saturated heterocycles. The smallest absolute Gasteiger partial charge is 0.305 e. The largest absolute Gasteiger partial charge is 0.469 e. The predicted molar refractivity (Wildman–Crippen MR) is 49.0 cm³/mol. The van der Waals surface area contributed by atoms with Gasteiger partial charge < -0.3 is 10.1 Å². The molecular weight excluding hydrogens is 154 g/mol. The average Bonchev–Trinajstić information content (AvgIpc) is 2.62. The maximum atomic E-state index is 10.2. The van der Waals surface area contributed by atoms with E-state index in [2.05, 4.69) is 10.1 Å². The van der Waals surface area contributed by atoms with Gasteiger partial charge in [-0.2, -0.15) is 0 Å². The first kappa shape index (κ1) is 11.4. The molecule has 1 fully saturated rings. The van der Waals surface area contributed by atoms with Crippen molar-refractivity contribution < 1.29 is 9.53 Å². The van der Waals surface area contributed by atoms with E-state index in [1.165, 1.54) is 33.0 Å². The van der Waals surface area contributed by atoms with Gasteiger partial charge in [0.1, 0.15) is 0 Å². The molecule has 0 atom stereocenters. The quantitative estimate of drug-likeness (QED) is 0.640. The Bertz CT molecular complexity index is 103. The van der Waals surface area contributed by atoms with Crippen LogP contribution in [0.5, 0.6) is 0 Å². The van der Waals surface area contributed by atoms with Gasteiger partial charge in [0, 0.05) is 6.42 Å². The molecule has 0 aromatic rings. The molecule has 1 aliphatic heterocycles. The Labute approximate surface area is 74.5 Å². The Hall–Kier alpha value is -0.570. The van der Waals surface area contributed by atoms with E-state index >= 15 is 0 Å². The number of ether oxygens (including phenoxy) is 1. The first-order valence-corrected chi connectivity index (χ1v) is 4.58. The van der Waals surface area contributed by atoms with Gasteiger partial charge >= 0.3 is 5.97 Å². The second-order valence-corrected chi connectivity index (χ2v) is 2.78. The van der Waals surface area contributed by atoms with E-state index in [0.29, 0.717) is 6.42 Å². The fraction of sp³-hybridized carbons (Fsp3) is 0.889. The molecule has 1 aliphatic rings. The standard InChI is InChI=1S/C5H10O2.C4H9N/c1-3-4-5(6)7-2;1-2-4-5-3-1/h3-4H2,1-2H3;5H,1-4H2. The first-order valence-electron chi connectivity index (χ1n) is 4.58. The Balaban J connectivity index is 0.000000211. The SMILES string of the molecule is C1CCNC1.CCCC(=O)OC. The molecule has 72 valence electrons. The van der Waals surface area contributed by atoms with Crippen LogP contribution in [-0.2, 0) is 9.53 Å². The molecule has 0 unspecified atom stereocenters. The predicted octanol–water partition coefficient (Wildman–Crippen LogP) is 1.33. The minimum atomic E-state index is -0.123. The number of carbonyl (C=O) groups is 1. The van der Waals surface area contributed by atoms with Crippen molar-refractivity contribution in [1.29, 1.82) is 0 Å². The van der Waals surface area contributed by atoms with Crippen LogP contribution in [0.3, 0.4) is 0 Å². The summed E-state index contributed by atoms with van der Waals surface area (Å²) in [5.74, 6) is -0.123. The third-order valence-electron chi connectivity index (χ3n) is 1.64. The number of esters is 1. The number of carbonyl (C=O) groups excluding carboxylic acids is 1. The molecule has 0 aliphatic carbocycles. The molecule has 0 radical (unpaired) electrons. The highest BCUT2D eigenvalue weighted by Gasteiger charge is 1.93. The van der Waals surface area contributed by atoms with Crippen LogP contribution < -0.4 is 5.32 Å². The molecule has 1 heterocycles. The minimum absolute atomic E-state index is 0.123. The lowest BCUT2D eigenvalue weighted by Gasteiger charge is -1.91. The van der Waals surface area contributed by atoms with E-state index in [9.17, 15) is 4.79 Å². The molecule has 0 aromatic heterocycles. The van der Waals surface area contributed by atoms with E-state index in [1.807, 2.05) is 6.92 Å². The van der Waals surface area contributed by atoms with Crippen LogP contribution in [0.1, 0.15) is 32.6 Å². The van der Waals surface area contributed by atoms with Crippen molar-refractivity contribution >= 4 is 5.97 Å². The summed E-state index contributed by atoms with van der Waals surface area (Å²) in [6.07, 6.45) is 4.18. The zero-order valence-electron chi connectivity index (χ0n) is 8.06. The molecule has 1 N–H and O–H groups in total. The van der Waals surface area contributed by atoms with Crippen LogP contribution in [0.25, 0.3) is 0 Å². The lowest BCUT2D eigenvalue weighted by molar-refractivity contribution is -0.140. The summed E-state index contributed by atoms with van der Waals surface area (Å²) in [7, 11) is 1.40. The molecule has 0 bridgehead atoms. The summed E-state index contributed by atoms with van der Waals surface area (Å²) < 4.78 is 4.35. The van der Waals surface area contributed by atoms with Gasteiger partial charge in [0.15, 0.2) is 0 Å². The molecule has 0 saturated carbocycles. The van der Waals surface area contributed by atoms with Gasteiger partial charge in [0.25, 0.3) is 0 Å². The van der Waals surface area contributed by atoms with Gasteiger partial charge in [-0.15, -0.1) is 0 Å². The Kier molecular flexibility index (Phi) is 8.12. The van der Waals surface area contributed by atoms with Crippen molar-refractivity contribution in [2.45, 2.75) is 32.6 Å². The van der Waals surface area contributed by atoms with Crippen molar-refractivity contribution in [2.24, 2.45) is 0 Å². The van der Waals surface area contributed by atoms with E-state index in [-0.39, 0.29) is 5.97 Å². The van der Waals surface area contributed by atoms with Crippen molar-refractivity contribution in [2.75, 3.05) is 20.2 Å². The third-order valence-corrected chi connectivity index (χ3v) is 1.64. The van der Waals surface area contributed by atoms with Crippen molar-refractivity contribution in [3.63, 3.8) is 0 Å². The lowest BCUT2D eigenvalue weighted by atomic mass is 10.3. The number of methoxy groups -OCH3 is 1. The van der Waals surface area contributed by atoms with Gasteiger partial charge in [0.2, 0.25) is 0 Å². The van der Waals surface area contributed by atoms with Crippen LogP contribution in [0.2, 0.25) is 0 Å². The van der Waals surface area contributed by atoms with Crippen LogP contribution in [-0.4, -0.2) is 26.2 Å². The van der Waals surface area contributed by atoms with Crippen molar-refractivity contribution in [3.05, 3.63) is 0 Å². The lowest BCUT2D eigenvalue weighted by Crippen LogP contribution is -2.03. The number of hydrogen-bond donors (Lipinski definition) is 1. The monoisotopic (exact) mass is 173 g/mol. The molecule has 12 heavy (non-hydrogen) atoms. The van der Waals surface area contributed by atoms with Crippen LogP contribution in [0, 0.1) is 0 Å². The van der Waals surface area contributed by atoms with Crippen LogP contribution in [0.15, 0.2) is 0 Å². The molecular formula is C9H19NO2. The van der Waals surface area contributed by atoms with Gasteiger partial charge in [-0.05, 0) is 32.4 Å². The van der Waals surface area contributed by atoms with Crippen LogP contribution in [0.4, 0.5) is 0 Å². The number of rotatable bonds is 2. The molecule has 3 nitrogen and oxygen atoms in total. The van der Waals surface area contributed by atoms with Gasteiger partial charge in [0.05, 0.1) is 7.11 Å². The van der Waals surface area contributed by atoms with Gasteiger partial charge in [-0.3, -0.25) is 4.79 Å². The Morgan fingerprint density at radius 1 is 1.42 bits per heavy atom. The van der Waals surface area contributed by atoms with E-state index in [0.717, 1.165) is 6.42 Å². The average molecular weight is 173 g/mol. The Morgan fingerprint density at radius 3 is 2.17 bits per heavy atom. The number of nitrogens with one attached hydrogen (secondary N) is 1. The normalized spacial score (nSPS) is 14.8. The second kappa shape index (κ2) is 8.53. The van der Waals surface area contributed by atoms with Gasteiger partial charge in [-0.25, -0.2) is 0 Å². The fourth-order valence-corrected chi connectivity index (χ4v) is 0.931. The first-order chi connectivity index (χ1) is 5.81. The highest BCUT2D eigenvalue weighted by Crippen LogP contribution is 1.90. The highest BCUT2D eigenvalue weighted by atomic mass is 16.5.